The molecule has 0 spiro atoms. The van der Waals surface area contributed by atoms with E-state index in [-0.39, 0.29) is 0 Å². The lowest BCUT2D eigenvalue weighted by Gasteiger charge is -2.34. The van der Waals surface area contributed by atoms with Gasteiger partial charge in [-0.1, -0.05) is 18.1 Å². The maximum absolute atomic E-state index is 10.1. The van der Waals surface area contributed by atoms with Crippen LogP contribution in [0.25, 0.3) is 0 Å². The smallest absolute Gasteiger partial charge is 0.118 e. The van der Waals surface area contributed by atoms with E-state index >= 15 is 0 Å². The van der Waals surface area contributed by atoms with E-state index in [2.05, 4.69) is 15.7 Å². The Kier molecular flexibility index (Phi) is 7.37. The van der Waals surface area contributed by atoms with Gasteiger partial charge in [-0.2, -0.15) is 0 Å². The maximum atomic E-state index is 10.1. The minimum absolute atomic E-state index is 0.344. The lowest BCUT2D eigenvalue weighted by Crippen LogP contribution is -2.49. The van der Waals surface area contributed by atoms with Gasteiger partial charge in [-0.25, -0.2) is 0 Å². The molecule has 1 heterocycles. The van der Waals surface area contributed by atoms with Gasteiger partial charge in [0.15, 0.2) is 0 Å². The lowest BCUT2D eigenvalue weighted by atomic mass is 10.2. The van der Waals surface area contributed by atoms with Crippen molar-refractivity contribution in [2.75, 3.05) is 53.0 Å². The van der Waals surface area contributed by atoms with E-state index in [1.54, 1.807) is 7.11 Å². The molecule has 0 radical (unpaired) electrons. The molecule has 1 aromatic rings. The monoisotopic (exact) mass is 318 g/mol. The zero-order valence-corrected chi connectivity index (χ0v) is 13.8. The number of methoxy groups -OCH3 is 1. The number of β-amino-alcohol motifs (C(OH)–C–C–N with tert-alkyl or cyclic N) is 1. The largest absolute Gasteiger partial charge is 0.497 e. The molecule has 0 aliphatic carbocycles. The average Bonchev–Trinajstić information content (AvgIpc) is 2.57. The molecule has 0 saturated carbocycles. The van der Waals surface area contributed by atoms with Crippen LogP contribution in [0, 0.1) is 12.3 Å². The molecule has 2 rings (SSSR count). The van der Waals surface area contributed by atoms with Crippen molar-refractivity contribution >= 4 is 0 Å². The third-order valence-electron chi connectivity index (χ3n) is 3.99. The summed E-state index contributed by atoms with van der Waals surface area (Å²) in [6, 6.07) is 7.75. The van der Waals surface area contributed by atoms with Gasteiger partial charge in [-0.05, 0) is 17.7 Å². The molecular formula is C18H26N2O3. The first kappa shape index (κ1) is 17.8. The predicted octanol–water partition coefficient (Wildman–Crippen LogP) is 0.823. The summed E-state index contributed by atoms with van der Waals surface area (Å²) in [6.07, 6.45) is 4.86. The number of aliphatic hydroxyl groups is 1. The van der Waals surface area contributed by atoms with Gasteiger partial charge in [0, 0.05) is 32.7 Å². The zero-order chi connectivity index (χ0) is 16.5. The van der Waals surface area contributed by atoms with Crippen molar-refractivity contribution in [3.05, 3.63) is 29.8 Å². The number of aliphatic hydroxyl groups excluding tert-OH is 1. The summed E-state index contributed by atoms with van der Waals surface area (Å²) in [5, 5.41) is 10.1. The van der Waals surface area contributed by atoms with Crippen LogP contribution in [0.2, 0.25) is 0 Å². The molecule has 5 heteroatoms. The predicted molar refractivity (Wildman–Crippen MR) is 90.4 cm³/mol. The number of hydrogen-bond acceptors (Lipinski definition) is 5. The standard InChI is InChI=1S/C18H26N2O3/c1-3-8-19-9-11-20(12-10-19)13-17(21)15-23-14-16-4-6-18(22-2)7-5-16/h1,4-7,17,21H,8-15H2,2H3. The third kappa shape index (κ3) is 6.20. The molecule has 1 saturated heterocycles. The van der Waals surface area contributed by atoms with Gasteiger partial charge in [0.2, 0.25) is 0 Å². The van der Waals surface area contributed by atoms with Crippen molar-refractivity contribution in [2.45, 2.75) is 12.7 Å². The van der Waals surface area contributed by atoms with Crippen molar-refractivity contribution in [1.29, 1.82) is 0 Å². The molecule has 1 fully saturated rings. The third-order valence-corrected chi connectivity index (χ3v) is 3.99. The highest BCUT2D eigenvalue weighted by atomic mass is 16.5. The van der Waals surface area contributed by atoms with E-state index in [1.807, 2.05) is 24.3 Å². The van der Waals surface area contributed by atoms with E-state index < -0.39 is 6.10 Å². The minimum atomic E-state index is -0.465. The maximum Gasteiger partial charge on any atom is 0.118 e. The number of terminal acetylenes is 1. The van der Waals surface area contributed by atoms with Gasteiger partial charge in [0.25, 0.3) is 0 Å². The number of hydrogen-bond donors (Lipinski definition) is 1. The Morgan fingerprint density at radius 3 is 2.43 bits per heavy atom. The van der Waals surface area contributed by atoms with Crippen molar-refractivity contribution in [2.24, 2.45) is 0 Å². The van der Waals surface area contributed by atoms with Crippen molar-refractivity contribution in [3.8, 4) is 18.1 Å². The van der Waals surface area contributed by atoms with Crippen LogP contribution in [0.3, 0.4) is 0 Å². The van der Waals surface area contributed by atoms with E-state index in [0.717, 1.165) is 37.5 Å². The molecule has 5 nitrogen and oxygen atoms in total. The van der Waals surface area contributed by atoms with Crippen LogP contribution in [0.15, 0.2) is 24.3 Å². The van der Waals surface area contributed by atoms with Crippen LogP contribution in [-0.2, 0) is 11.3 Å². The quantitative estimate of drug-likeness (QED) is 0.719. The molecule has 1 unspecified atom stereocenters. The Hall–Kier alpha value is -1.58. The summed E-state index contributed by atoms with van der Waals surface area (Å²) < 4.78 is 10.7. The fraction of sp³-hybridized carbons (Fsp3) is 0.556. The first-order chi connectivity index (χ1) is 11.2. The van der Waals surface area contributed by atoms with Crippen LogP contribution >= 0.6 is 0 Å². The van der Waals surface area contributed by atoms with E-state index in [1.165, 1.54) is 0 Å². The normalized spacial score (nSPS) is 17.6. The van der Waals surface area contributed by atoms with Gasteiger partial charge < -0.3 is 14.6 Å². The summed E-state index contributed by atoms with van der Waals surface area (Å²) >= 11 is 0. The molecule has 126 valence electrons. The second-order valence-corrected chi connectivity index (χ2v) is 5.80. The highest BCUT2D eigenvalue weighted by Crippen LogP contribution is 2.12. The molecule has 0 bridgehead atoms. The molecule has 1 aliphatic rings. The van der Waals surface area contributed by atoms with E-state index in [4.69, 9.17) is 15.9 Å². The van der Waals surface area contributed by atoms with Crippen LogP contribution in [0.5, 0.6) is 5.75 Å². The fourth-order valence-electron chi connectivity index (χ4n) is 2.64. The lowest BCUT2D eigenvalue weighted by molar-refractivity contribution is 0.00225. The van der Waals surface area contributed by atoms with Crippen LogP contribution in [0.1, 0.15) is 5.56 Å². The highest BCUT2D eigenvalue weighted by molar-refractivity contribution is 5.26. The Morgan fingerprint density at radius 2 is 1.83 bits per heavy atom. The SMILES string of the molecule is C#CCN1CCN(CC(O)COCc2ccc(OC)cc2)CC1. The first-order valence-electron chi connectivity index (χ1n) is 7.98. The van der Waals surface area contributed by atoms with Gasteiger partial charge in [-0.15, -0.1) is 6.42 Å². The Morgan fingerprint density at radius 1 is 1.17 bits per heavy atom. The second kappa shape index (κ2) is 9.53. The molecule has 1 atom stereocenters. The molecule has 1 aliphatic heterocycles. The molecule has 23 heavy (non-hydrogen) atoms. The molecular weight excluding hydrogens is 292 g/mol. The summed E-state index contributed by atoms with van der Waals surface area (Å²) in [5.74, 6) is 3.51. The van der Waals surface area contributed by atoms with Crippen LogP contribution in [0.4, 0.5) is 0 Å². The molecule has 0 amide bonds. The Balaban J connectivity index is 1.61. The summed E-state index contributed by atoms with van der Waals surface area (Å²) in [5.41, 5.74) is 1.07. The van der Waals surface area contributed by atoms with Gasteiger partial charge >= 0.3 is 0 Å². The van der Waals surface area contributed by atoms with Crippen molar-refractivity contribution in [1.82, 2.24) is 9.80 Å². The van der Waals surface area contributed by atoms with Crippen LogP contribution in [-0.4, -0.2) is 74.0 Å². The number of nitrogens with zero attached hydrogens (tertiary/aromatic N) is 2. The minimum Gasteiger partial charge on any atom is -0.497 e. The van der Waals surface area contributed by atoms with Crippen molar-refractivity contribution < 1.29 is 14.6 Å². The number of benzene rings is 1. The fourth-order valence-corrected chi connectivity index (χ4v) is 2.64. The average molecular weight is 318 g/mol. The zero-order valence-electron chi connectivity index (χ0n) is 13.8. The van der Waals surface area contributed by atoms with Crippen molar-refractivity contribution in [3.63, 3.8) is 0 Å². The highest BCUT2D eigenvalue weighted by Gasteiger charge is 2.18. The van der Waals surface area contributed by atoms with Crippen LogP contribution < -0.4 is 4.74 Å². The van der Waals surface area contributed by atoms with Gasteiger partial charge in [-0.3, -0.25) is 9.80 Å². The summed E-state index contributed by atoms with van der Waals surface area (Å²) in [4.78, 5) is 4.51. The van der Waals surface area contributed by atoms with E-state index in [9.17, 15) is 5.11 Å². The first-order valence-corrected chi connectivity index (χ1v) is 7.98. The van der Waals surface area contributed by atoms with Gasteiger partial charge in [0.05, 0.1) is 33.0 Å². The molecule has 1 aromatic carbocycles. The number of rotatable bonds is 8. The topological polar surface area (TPSA) is 45.2 Å². The second-order valence-electron chi connectivity index (χ2n) is 5.80. The number of piperazine rings is 1. The summed E-state index contributed by atoms with van der Waals surface area (Å²) in [7, 11) is 1.65. The number of ether oxygens (including phenoxy) is 2. The Bertz CT molecular complexity index is 490. The molecule has 1 N–H and O–H groups in total. The van der Waals surface area contributed by atoms with E-state index in [0.29, 0.717) is 26.3 Å². The molecule has 0 aromatic heterocycles. The summed E-state index contributed by atoms with van der Waals surface area (Å²) in [6.45, 7) is 6.00. The van der Waals surface area contributed by atoms with Gasteiger partial charge in [0.1, 0.15) is 5.75 Å². The Labute approximate surface area is 138 Å².